The van der Waals surface area contributed by atoms with Crippen molar-refractivity contribution in [1.29, 1.82) is 0 Å². The summed E-state index contributed by atoms with van der Waals surface area (Å²) in [6.07, 6.45) is 4.89. The van der Waals surface area contributed by atoms with Gasteiger partial charge in [-0.25, -0.2) is 4.39 Å². The molecule has 1 fully saturated rings. The lowest BCUT2D eigenvalue weighted by molar-refractivity contribution is 0.470. The van der Waals surface area contributed by atoms with Crippen molar-refractivity contribution in [2.75, 3.05) is 6.54 Å². The molecule has 94 valence electrons. The summed E-state index contributed by atoms with van der Waals surface area (Å²) in [6, 6.07) is 5.24. The normalized spacial score (nSPS) is 17.1. The van der Waals surface area contributed by atoms with Crippen LogP contribution >= 0.6 is 15.9 Å². The van der Waals surface area contributed by atoms with E-state index in [-0.39, 0.29) is 11.9 Å². The third-order valence-corrected chi connectivity index (χ3v) is 3.96. The van der Waals surface area contributed by atoms with Crippen LogP contribution < -0.4 is 5.32 Å². The zero-order chi connectivity index (χ0) is 12.3. The van der Waals surface area contributed by atoms with Gasteiger partial charge in [-0.1, -0.05) is 35.7 Å². The number of halogens is 2. The standard InChI is InChI=1S/C14H19BrFN/c1-2-7-17-14(8-10-3-4-10)12-9-11(16)5-6-13(12)15/h5-6,9-10,14,17H,2-4,7-8H2,1H3. The molecule has 1 aromatic carbocycles. The van der Waals surface area contributed by atoms with E-state index < -0.39 is 0 Å². The molecule has 2 rings (SSSR count). The van der Waals surface area contributed by atoms with Crippen molar-refractivity contribution < 1.29 is 4.39 Å². The highest BCUT2D eigenvalue weighted by Gasteiger charge is 2.27. The molecule has 0 amide bonds. The molecular formula is C14H19BrFN. The molecule has 0 aromatic heterocycles. The van der Waals surface area contributed by atoms with E-state index in [1.807, 2.05) is 0 Å². The Morgan fingerprint density at radius 1 is 1.47 bits per heavy atom. The molecule has 1 atom stereocenters. The van der Waals surface area contributed by atoms with Gasteiger partial charge in [0.25, 0.3) is 0 Å². The lowest BCUT2D eigenvalue weighted by atomic mass is 10.0. The van der Waals surface area contributed by atoms with Gasteiger partial charge in [0.05, 0.1) is 0 Å². The smallest absolute Gasteiger partial charge is 0.123 e. The van der Waals surface area contributed by atoms with Gasteiger partial charge in [-0.2, -0.15) is 0 Å². The van der Waals surface area contributed by atoms with Crippen LogP contribution in [0.25, 0.3) is 0 Å². The summed E-state index contributed by atoms with van der Waals surface area (Å²) in [5, 5.41) is 3.53. The van der Waals surface area contributed by atoms with E-state index in [9.17, 15) is 4.39 Å². The molecule has 0 aliphatic heterocycles. The maximum absolute atomic E-state index is 13.3. The molecule has 1 nitrogen and oxygen atoms in total. The van der Waals surface area contributed by atoms with E-state index in [1.165, 1.54) is 18.9 Å². The quantitative estimate of drug-likeness (QED) is 0.819. The first-order chi connectivity index (χ1) is 8.20. The molecule has 0 bridgehead atoms. The molecule has 0 heterocycles. The monoisotopic (exact) mass is 299 g/mol. The highest BCUT2D eigenvalue weighted by Crippen LogP contribution is 2.39. The van der Waals surface area contributed by atoms with Gasteiger partial charge in [0.2, 0.25) is 0 Å². The van der Waals surface area contributed by atoms with E-state index in [2.05, 4.69) is 28.2 Å². The summed E-state index contributed by atoms with van der Waals surface area (Å²) in [6.45, 7) is 3.14. The predicted octanol–water partition coefficient (Wildman–Crippen LogP) is 4.43. The third-order valence-electron chi connectivity index (χ3n) is 3.24. The van der Waals surface area contributed by atoms with Gasteiger partial charge in [-0.3, -0.25) is 0 Å². The van der Waals surface area contributed by atoms with Crippen molar-refractivity contribution in [3.63, 3.8) is 0 Å². The minimum absolute atomic E-state index is 0.151. The van der Waals surface area contributed by atoms with Crippen molar-refractivity contribution >= 4 is 15.9 Å². The van der Waals surface area contributed by atoms with Crippen LogP contribution in [-0.4, -0.2) is 6.54 Å². The van der Waals surface area contributed by atoms with Gasteiger partial charge >= 0.3 is 0 Å². The first-order valence-corrected chi connectivity index (χ1v) is 7.18. The minimum Gasteiger partial charge on any atom is -0.310 e. The van der Waals surface area contributed by atoms with Gasteiger partial charge in [-0.05, 0) is 49.1 Å². The van der Waals surface area contributed by atoms with Crippen molar-refractivity contribution in [3.05, 3.63) is 34.1 Å². The average Bonchev–Trinajstić information content (AvgIpc) is 3.11. The van der Waals surface area contributed by atoms with Crippen LogP contribution in [-0.2, 0) is 0 Å². The summed E-state index contributed by atoms with van der Waals surface area (Å²) in [7, 11) is 0. The first kappa shape index (κ1) is 13.0. The molecule has 1 aliphatic carbocycles. The Labute approximate surface area is 111 Å². The summed E-state index contributed by atoms with van der Waals surface area (Å²) in [5.41, 5.74) is 1.06. The summed E-state index contributed by atoms with van der Waals surface area (Å²) in [4.78, 5) is 0. The van der Waals surface area contributed by atoms with Crippen molar-refractivity contribution in [2.24, 2.45) is 5.92 Å². The molecule has 0 radical (unpaired) electrons. The highest BCUT2D eigenvalue weighted by molar-refractivity contribution is 9.10. The van der Waals surface area contributed by atoms with E-state index in [0.717, 1.165) is 35.3 Å². The van der Waals surface area contributed by atoms with Crippen LogP contribution in [0.4, 0.5) is 4.39 Å². The fourth-order valence-corrected chi connectivity index (χ4v) is 2.63. The second-order valence-corrected chi connectivity index (χ2v) is 5.71. The zero-order valence-electron chi connectivity index (χ0n) is 10.2. The van der Waals surface area contributed by atoms with Crippen molar-refractivity contribution in [1.82, 2.24) is 5.32 Å². The fourth-order valence-electron chi connectivity index (χ4n) is 2.11. The van der Waals surface area contributed by atoms with Gasteiger partial charge in [0, 0.05) is 10.5 Å². The highest BCUT2D eigenvalue weighted by atomic mass is 79.9. The number of rotatable bonds is 6. The molecule has 3 heteroatoms. The van der Waals surface area contributed by atoms with E-state index >= 15 is 0 Å². The fraction of sp³-hybridized carbons (Fsp3) is 0.571. The first-order valence-electron chi connectivity index (χ1n) is 6.39. The second-order valence-electron chi connectivity index (χ2n) is 4.85. The summed E-state index contributed by atoms with van der Waals surface area (Å²) in [5.74, 6) is 0.682. The number of hydrogen-bond donors (Lipinski definition) is 1. The molecule has 0 saturated heterocycles. The maximum atomic E-state index is 13.3. The lowest BCUT2D eigenvalue weighted by Crippen LogP contribution is -2.23. The zero-order valence-corrected chi connectivity index (χ0v) is 11.8. The Balaban J connectivity index is 2.13. The minimum atomic E-state index is -0.151. The topological polar surface area (TPSA) is 12.0 Å². The summed E-state index contributed by atoms with van der Waals surface area (Å²) >= 11 is 3.53. The molecule has 1 aliphatic rings. The average molecular weight is 300 g/mol. The van der Waals surface area contributed by atoms with Crippen LogP contribution in [0.3, 0.4) is 0 Å². The molecule has 1 saturated carbocycles. The number of nitrogens with one attached hydrogen (secondary N) is 1. The Morgan fingerprint density at radius 3 is 2.88 bits per heavy atom. The van der Waals surface area contributed by atoms with Gasteiger partial charge in [-0.15, -0.1) is 0 Å². The van der Waals surface area contributed by atoms with Crippen LogP contribution in [0.2, 0.25) is 0 Å². The largest absolute Gasteiger partial charge is 0.310 e. The predicted molar refractivity (Wildman–Crippen MR) is 72.5 cm³/mol. The number of benzene rings is 1. The second kappa shape index (κ2) is 5.96. The van der Waals surface area contributed by atoms with E-state index in [1.54, 1.807) is 12.1 Å². The molecule has 1 unspecified atom stereocenters. The Kier molecular flexibility index (Phi) is 4.57. The Bertz CT molecular complexity index is 376. The third kappa shape index (κ3) is 3.78. The van der Waals surface area contributed by atoms with Crippen molar-refractivity contribution in [3.8, 4) is 0 Å². The van der Waals surface area contributed by atoms with Gasteiger partial charge in [0.1, 0.15) is 5.82 Å². The van der Waals surface area contributed by atoms with Crippen LogP contribution in [0.1, 0.15) is 44.2 Å². The van der Waals surface area contributed by atoms with E-state index in [0.29, 0.717) is 0 Å². The van der Waals surface area contributed by atoms with Gasteiger partial charge in [0.15, 0.2) is 0 Å². The van der Waals surface area contributed by atoms with Crippen LogP contribution in [0.15, 0.2) is 22.7 Å². The number of hydrogen-bond acceptors (Lipinski definition) is 1. The van der Waals surface area contributed by atoms with Crippen LogP contribution in [0.5, 0.6) is 0 Å². The Morgan fingerprint density at radius 2 is 2.24 bits per heavy atom. The SMILES string of the molecule is CCCNC(CC1CC1)c1cc(F)ccc1Br. The molecule has 17 heavy (non-hydrogen) atoms. The Hall–Kier alpha value is -0.410. The molecule has 0 spiro atoms. The summed E-state index contributed by atoms with van der Waals surface area (Å²) < 4.78 is 14.3. The molecule has 1 aromatic rings. The van der Waals surface area contributed by atoms with Gasteiger partial charge < -0.3 is 5.32 Å². The van der Waals surface area contributed by atoms with Crippen molar-refractivity contribution in [2.45, 2.75) is 38.6 Å². The molecular weight excluding hydrogens is 281 g/mol. The lowest BCUT2D eigenvalue weighted by Gasteiger charge is -2.20. The van der Waals surface area contributed by atoms with Crippen LogP contribution in [0, 0.1) is 11.7 Å². The maximum Gasteiger partial charge on any atom is 0.123 e. The van der Waals surface area contributed by atoms with E-state index in [4.69, 9.17) is 0 Å². The molecule has 1 N–H and O–H groups in total.